The molecule has 0 unspecified atom stereocenters. The van der Waals surface area contributed by atoms with Gasteiger partial charge in [0.25, 0.3) is 5.91 Å². The molecule has 0 saturated carbocycles. The predicted molar refractivity (Wildman–Crippen MR) is 67.4 cm³/mol. The molecule has 0 aliphatic heterocycles. The van der Waals surface area contributed by atoms with Crippen molar-refractivity contribution in [1.29, 1.82) is 0 Å². The standard InChI is InChI=1S/C13H18F2N2O/c1-3-8(4-2)7-17-12-5-9(13(16)18)10(14)6-11(12)15/h5-6,8,17H,3-4,7H2,1-2H3,(H2,16,18). The Morgan fingerprint density at radius 3 is 2.39 bits per heavy atom. The van der Waals surface area contributed by atoms with Gasteiger partial charge in [-0.15, -0.1) is 0 Å². The first-order valence-corrected chi connectivity index (χ1v) is 6.02. The van der Waals surface area contributed by atoms with Crippen molar-refractivity contribution in [2.45, 2.75) is 26.7 Å². The molecule has 0 fully saturated rings. The summed E-state index contributed by atoms with van der Waals surface area (Å²) in [5.41, 5.74) is 4.82. The largest absolute Gasteiger partial charge is 0.382 e. The van der Waals surface area contributed by atoms with E-state index in [2.05, 4.69) is 5.32 Å². The highest BCUT2D eigenvalue weighted by Crippen LogP contribution is 2.20. The molecule has 0 aromatic heterocycles. The monoisotopic (exact) mass is 256 g/mol. The second-order valence-corrected chi connectivity index (χ2v) is 4.24. The van der Waals surface area contributed by atoms with Gasteiger partial charge in [-0.3, -0.25) is 4.79 Å². The van der Waals surface area contributed by atoms with Crippen molar-refractivity contribution < 1.29 is 13.6 Å². The summed E-state index contributed by atoms with van der Waals surface area (Å²) in [5, 5.41) is 2.89. The van der Waals surface area contributed by atoms with Crippen LogP contribution in [0, 0.1) is 17.6 Å². The van der Waals surface area contributed by atoms with Gasteiger partial charge in [-0.1, -0.05) is 26.7 Å². The molecule has 3 nitrogen and oxygen atoms in total. The fourth-order valence-corrected chi connectivity index (χ4v) is 1.70. The van der Waals surface area contributed by atoms with E-state index in [4.69, 9.17) is 5.73 Å². The number of nitrogens with two attached hydrogens (primary N) is 1. The van der Waals surface area contributed by atoms with Gasteiger partial charge < -0.3 is 11.1 Å². The van der Waals surface area contributed by atoms with Gasteiger partial charge in [0.05, 0.1) is 11.3 Å². The Bertz CT molecular complexity index is 431. The van der Waals surface area contributed by atoms with E-state index in [0.717, 1.165) is 18.9 Å². The number of nitrogens with one attached hydrogen (secondary N) is 1. The van der Waals surface area contributed by atoms with Gasteiger partial charge in [0.1, 0.15) is 11.6 Å². The minimum Gasteiger partial charge on any atom is -0.382 e. The van der Waals surface area contributed by atoms with Gasteiger partial charge in [0.15, 0.2) is 0 Å². The number of carbonyl (C=O) groups excluding carboxylic acids is 1. The zero-order valence-electron chi connectivity index (χ0n) is 10.6. The van der Waals surface area contributed by atoms with Gasteiger partial charge in [-0.2, -0.15) is 0 Å². The van der Waals surface area contributed by atoms with Crippen molar-refractivity contribution in [3.8, 4) is 0 Å². The van der Waals surface area contributed by atoms with Crippen molar-refractivity contribution in [3.05, 3.63) is 29.3 Å². The summed E-state index contributed by atoms with van der Waals surface area (Å²) in [6.45, 7) is 4.67. The Balaban J connectivity index is 2.88. The highest BCUT2D eigenvalue weighted by Gasteiger charge is 2.14. The number of benzene rings is 1. The highest BCUT2D eigenvalue weighted by atomic mass is 19.1. The molecule has 18 heavy (non-hydrogen) atoms. The topological polar surface area (TPSA) is 55.1 Å². The van der Waals surface area contributed by atoms with Crippen molar-refractivity contribution in [2.75, 3.05) is 11.9 Å². The normalized spacial score (nSPS) is 10.7. The molecule has 1 aromatic rings. The molecule has 1 rings (SSSR count). The van der Waals surface area contributed by atoms with Crippen molar-refractivity contribution in [3.63, 3.8) is 0 Å². The summed E-state index contributed by atoms with van der Waals surface area (Å²) < 4.78 is 26.7. The van der Waals surface area contributed by atoms with Gasteiger partial charge in [0, 0.05) is 12.6 Å². The number of anilines is 1. The molecule has 0 aliphatic carbocycles. The maximum atomic E-state index is 13.5. The van der Waals surface area contributed by atoms with Gasteiger partial charge in [0.2, 0.25) is 0 Å². The quantitative estimate of drug-likeness (QED) is 0.822. The lowest BCUT2D eigenvalue weighted by Gasteiger charge is -2.15. The zero-order valence-corrected chi connectivity index (χ0v) is 10.6. The lowest BCUT2D eigenvalue weighted by atomic mass is 10.0. The number of halogens is 2. The molecule has 100 valence electrons. The molecule has 5 heteroatoms. The fraction of sp³-hybridized carbons (Fsp3) is 0.462. The number of rotatable bonds is 6. The van der Waals surface area contributed by atoms with E-state index in [1.54, 1.807) is 0 Å². The van der Waals surface area contributed by atoms with Crippen LogP contribution in [-0.4, -0.2) is 12.5 Å². The molecule has 0 radical (unpaired) electrons. The number of primary amides is 1. The molecule has 0 bridgehead atoms. The van der Waals surface area contributed by atoms with Crippen LogP contribution >= 0.6 is 0 Å². The van der Waals surface area contributed by atoms with Crippen molar-refractivity contribution in [1.82, 2.24) is 0 Å². The molecular weight excluding hydrogens is 238 g/mol. The average molecular weight is 256 g/mol. The van der Waals surface area contributed by atoms with E-state index in [0.29, 0.717) is 18.5 Å². The van der Waals surface area contributed by atoms with E-state index in [1.807, 2.05) is 13.8 Å². The number of hydrogen-bond acceptors (Lipinski definition) is 2. The van der Waals surface area contributed by atoms with E-state index in [1.165, 1.54) is 0 Å². The van der Waals surface area contributed by atoms with E-state index >= 15 is 0 Å². The van der Waals surface area contributed by atoms with Crippen LogP contribution in [0.1, 0.15) is 37.0 Å². The molecule has 0 spiro atoms. The third-order valence-electron chi connectivity index (χ3n) is 3.06. The van der Waals surface area contributed by atoms with Crippen LogP contribution in [0.5, 0.6) is 0 Å². The fourth-order valence-electron chi connectivity index (χ4n) is 1.70. The van der Waals surface area contributed by atoms with Crippen molar-refractivity contribution >= 4 is 11.6 Å². The van der Waals surface area contributed by atoms with Gasteiger partial charge in [-0.05, 0) is 12.0 Å². The molecule has 0 heterocycles. The van der Waals surface area contributed by atoms with Crippen molar-refractivity contribution in [2.24, 2.45) is 11.7 Å². The second-order valence-electron chi connectivity index (χ2n) is 4.24. The molecule has 3 N–H and O–H groups in total. The van der Waals surface area contributed by atoms with Gasteiger partial charge >= 0.3 is 0 Å². The Morgan fingerprint density at radius 2 is 1.89 bits per heavy atom. The molecule has 0 aliphatic rings. The van der Waals surface area contributed by atoms with Crippen LogP contribution in [0.3, 0.4) is 0 Å². The lowest BCUT2D eigenvalue weighted by Crippen LogP contribution is -2.17. The van der Waals surface area contributed by atoms with Gasteiger partial charge in [-0.25, -0.2) is 8.78 Å². The average Bonchev–Trinajstić information content (AvgIpc) is 2.32. The SMILES string of the molecule is CCC(CC)CNc1cc(C(N)=O)c(F)cc1F. The smallest absolute Gasteiger partial charge is 0.251 e. The second kappa shape index (κ2) is 6.33. The lowest BCUT2D eigenvalue weighted by molar-refractivity contribution is 0.0996. The maximum Gasteiger partial charge on any atom is 0.251 e. The minimum atomic E-state index is -0.937. The summed E-state index contributed by atoms with van der Waals surface area (Å²) in [6.07, 6.45) is 1.93. The number of hydrogen-bond donors (Lipinski definition) is 2. The third-order valence-corrected chi connectivity index (χ3v) is 3.06. The van der Waals surface area contributed by atoms with E-state index in [9.17, 15) is 13.6 Å². The Hall–Kier alpha value is -1.65. The minimum absolute atomic E-state index is 0.108. The van der Waals surface area contributed by atoms with E-state index in [-0.39, 0.29) is 11.3 Å². The predicted octanol–water partition coefficient (Wildman–Crippen LogP) is 2.91. The Morgan fingerprint density at radius 1 is 1.28 bits per heavy atom. The highest BCUT2D eigenvalue weighted by molar-refractivity contribution is 5.94. The third kappa shape index (κ3) is 3.42. The van der Waals surface area contributed by atoms with Crippen LogP contribution < -0.4 is 11.1 Å². The first kappa shape index (κ1) is 14.4. The summed E-state index contributed by atoms with van der Waals surface area (Å²) in [7, 11) is 0. The Labute approximate surface area is 105 Å². The van der Waals surface area contributed by atoms with Crippen LogP contribution in [0.25, 0.3) is 0 Å². The summed E-state index contributed by atoms with van der Waals surface area (Å²) in [5.74, 6) is -2.15. The first-order valence-electron chi connectivity index (χ1n) is 6.02. The molecule has 1 aromatic carbocycles. The number of carbonyl (C=O) groups is 1. The molecular formula is C13H18F2N2O. The van der Waals surface area contributed by atoms with Crippen LogP contribution in [0.2, 0.25) is 0 Å². The summed E-state index contributed by atoms with van der Waals surface area (Å²) in [4.78, 5) is 11.0. The molecule has 1 amide bonds. The van der Waals surface area contributed by atoms with Crippen LogP contribution in [0.15, 0.2) is 12.1 Å². The molecule has 0 saturated heterocycles. The Kier molecular flexibility index (Phi) is 5.07. The van der Waals surface area contributed by atoms with Crippen LogP contribution in [-0.2, 0) is 0 Å². The molecule has 0 atom stereocenters. The zero-order chi connectivity index (χ0) is 13.7. The number of amides is 1. The van der Waals surface area contributed by atoms with E-state index < -0.39 is 17.5 Å². The van der Waals surface area contributed by atoms with Crippen LogP contribution in [0.4, 0.5) is 14.5 Å². The summed E-state index contributed by atoms with van der Waals surface area (Å²) >= 11 is 0. The maximum absolute atomic E-state index is 13.5. The summed E-state index contributed by atoms with van der Waals surface area (Å²) in [6, 6.07) is 1.80. The first-order chi connectivity index (χ1) is 8.49.